The van der Waals surface area contributed by atoms with Gasteiger partial charge in [-0.2, -0.15) is 0 Å². The molecule has 3 atom stereocenters. The molecule has 0 saturated carbocycles. The van der Waals surface area contributed by atoms with Crippen LogP contribution in [0.5, 0.6) is 0 Å². The fraction of sp³-hybridized carbons (Fsp3) is 0.133. The lowest BCUT2D eigenvalue weighted by Gasteiger charge is -2.12. The topological polar surface area (TPSA) is 222 Å². The summed E-state index contributed by atoms with van der Waals surface area (Å²) in [5.41, 5.74) is -0.331. The van der Waals surface area contributed by atoms with Crippen LogP contribution < -0.4 is 32.6 Å². The molecule has 0 amide bonds. The van der Waals surface area contributed by atoms with Gasteiger partial charge in [0.2, 0.25) is 27.1 Å². The zero-order valence-electron chi connectivity index (χ0n) is 61.9. The van der Waals surface area contributed by atoms with E-state index in [1.54, 1.807) is 37.3 Å². The van der Waals surface area contributed by atoms with Crippen molar-refractivity contribution in [3.63, 3.8) is 0 Å². The van der Waals surface area contributed by atoms with Gasteiger partial charge in [0.1, 0.15) is 175 Å². The van der Waals surface area contributed by atoms with Crippen LogP contribution in [-0.2, 0) is 19.3 Å². The third kappa shape index (κ3) is 18.2. The van der Waals surface area contributed by atoms with E-state index in [9.17, 15) is 82.9 Å². The highest BCUT2D eigenvalue weighted by molar-refractivity contribution is 9.10. The van der Waals surface area contributed by atoms with Gasteiger partial charge >= 0.3 is 0 Å². The van der Waals surface area contributed by atoms with Gasteiger partial charge in [-0.1, -0.05) is 122 Å². The molecule has 116 heavy (non-hydrogen) atoms. The Morgan fingerprint density at radius 3 is 0.888 bits per heavy atom. The van der Waals surface area contributed by atoms with Gasteiger partial charge in [-0.25, -0.2) is 43.9 Å². The van der Waals surface area contributed by atoms with E-state index < -0.39 is 92.1 Å². The monoisotopic (exact) mass is 1720 g/mol. The largest absolute Gasteiger partial charge is 0.461 e. The summed E-state index contributed by atoms with van der Waals surface area (Å²) < 4.78 is 170. The average Bonchev–Trinajstić information content (AvgIpc) is 0.770. The molecule has 26 heteroatoms. The van der Waals surface area contributed by atoms with Gasteiger partial charge in [0, 0.05) is 25.3 Å². The third-order valence-corrected chi connectivity index (χ3v) is 19.0. The molecule has 0 radical (unpaired) electrons. The molecule has 2 unspecified atom stereocenters. The number of alkyl halides is 1. The minimum absolute atomic E-state index is 0.00146. The normalized spacial score (nSPS) is 11.8. The second-order valence-corrected chi connectivity index (χ2v) is 27.9. The third-order valence-electron chi connectivity index (χ3n) is 17.8. The fourth-order valence-electron chi connectivity index (χ4n) is 12.5. The van der Waals surface area contributed by atoms with Crippen molar-refractivity contribution >= 4 is 97.7 Å². The van der Waals surface area contributed by atoms with E-state index in [0.29, 0.717) is 69.1 Å². The van der Waals surface area contributed by atoms with Crippen molar-refractivity contribution < 1.29 is 80.6 Å². The first-order chi connectivity index (χ1) is 55.4. The molecule has 10 aromatic carbocycles. The van der Waals surface area contributed by atoms with Crippen molar-refractivity contribution in [2.45, 2.75) is 77.8 Å². The Morgan fingerprint density at radius 1 is 0.310 bits per heavy atom. The zero-order chi connectivity index (χ0) is 83.7. The molecule has 16 aromatic rings. The maximum absolute atomic E-state index is 14.0. The first-order valence-corrected chi connectivity index (χ1v) is 37.3. The van der Waals surface area contributed by atoms with Crippen molar-refractivity contribution in [2.75, 3.05) is 0 Å². The standard InChI is InChI=1S/C17H11BrF2O2.2C17H12F2O3.C17H12F2O2.C11H8BrFO2.C11H9FO2/c1-9(18)17-14(10-4-2-5-11(19)8-10)16(21)15-12(20)6-3-7-13(15)22-17;2*1-9(20)17-14(10-4-2-5-11(18)8-10)16(21)15-12(19)6-3-7-13(15)22-17;1-2-13-15(10-5-3-6-11(18)9-10)17(20)16-12(19)7-4-8-14(16)21-13;1-2-7-10(12)11(14)9-6(13)4-3-5-8(9)15-7;1-2-7-6-9(13)11-8(12)4-3-5-10(11)14-7/h2-9H,1H3;2*2-9,20H,1H3;3-9H,2H2,1H3;3-5H,2H2,1H3;3-6H,2H2,1H3/t;9-;;;;/m.0..../s1. The van der Waals surface area contributed by atoms with E-state index in [-0.39, 0.29) is 115 Å². The van der Waals surface area contributed by atoms with Gasteiger partial charge in [0.25, 0.3) is 0 Å². The number of benzene rings is 10. The number of aliphatic hydroxyl groups is 2. The van der Waals surface area contributed by atoms with Gasteiger partial charge in [-0.3, -0.25) is 28.8 Å². The molecule has 592 valence electrons. The van der Waals surface area contributed by atoms with Crippen molar-refractivity contribution in [3.05, 3.63) is 371 Å². The maximum Gasteiger partial charge on any atom is 0.210 e. The summed E-state index contributed by atoms with van der Waals surface area (Å²) in [7, 11) is 0. The predicted molar refractivity (Wildman–Crippen MR) is 431 cm³/mol. The van der Waals surface area contributed by atoms with Crippen molar-refractivity contribution in [2.24, 2.45) is 0 Å². The van der Waals surface area contributed by atoms with Crippen LogP contribution >= 0.6 is 31.9 Å². The first kappa shape index (κ1) is 84.5. The Morgan fingerprint density at radius 2 is 0.578 bits per heavy atom. The Balaban J connectivity index is 0.000000138. The van der Waals surface area contributed by atoms with Crippen LogP contribution in [0.1, 0.15) is 93.1 Å². The summed E-state index contributed by atoms with van der Waals surface area (Å²) in [6, 6.07) is 48.4. The SMILES string of the molecule is CC(Br)c1oc2cccc(F)c2c(=O)c1-c1cccc(F)c1.CC(O)c1oc2cccc(F)c2c(=O)c1-c1cccc(F)c1.CCc1cc(=O)c2c(F)cccc2o1.CCc1oc2cccc(F)c2c(=O)c1-c1cccc(F)c1.CCc1oc2cccc(F)c2c(=O)c1Br.C[C@H](O)c1oc2cccc(F)c2c(=O)c1-c1cccc(F)c1. The van der Waals surface area contributed by atoms with E-state index in [1.165, 1.54) is 172 Å². The Bertz CT molecular complexity index is 6450. The first-order valence-electron chi connectivity index (χ1n) is 35.6. The van der Waals surface area contributed by atoms with E-state index >= 15 is 0 Å². The summed E-state index contributed by atoms with van der Waals surface area (Å²) in [4.78, 5) is 73.6. The molecule has 16 rings (SSSR count). The maximum atomic E-state index is 14.0. The van der Waals surface area contributed by atoms with Crippen LogP contribution in [0, 0.1) is 58.2 Å². The molecule has 14 nitrogen and oxygen atoms in total. The zero-order valence-corrected chi connectivity index (χ0v) is 65.1. The Hall–Kier alpha value is -12.4. The van der Waals surface area contributed by atoms with E-state index in [1.807, 2.05) is 20.8 Å². The summed E-state index contributed by atoms with van der Waals surface area (Å²) in [5, 5.41) is 19.1. The fourth-order valence-corrected chi connectivity index (χ4v) is 13.4. The lowest BCUT2D eigenvalue weighted by Crippen LogP contribution is -2.12. The summed E-state index contributed by atoms with van der Waals surface area (Å²) in [6.45, 7) is 10.2. The minimum Gasteiger partial charge on any atom is -0.461 e. The number of fused-ring (bicyclic) bond motifs is 6. The van der Waals surface area contributed by atoms with E-state index in [2.05, 4.69) is 31.9 Å². The van der Waals surface area contributed by atoms with Gasteiger partial charge in [-0.15, -0.1) is 0 Å². The molecular formula is C90H64Br2F10O14. The molecule has 0 fully saturated rings. The molecule has 0 aliphatic carbocycles. The molecule has 0 bridgehead atoms. The highest BCUT2D eigenvalue weighted by Crippen LogP contribution is 2.36. The molecule has 6 heterocycles. The molecule has 2 N–H and O–H groups in total. The number of aliphatic hydroxyl groups excluding tert-OH is 2. The minimum atomic E-state index is -1.10. The average molecular weight is 1720 g/mol. The number of aryl methyl sites for hydroxylation is 3. The van der Waals surface area contributed by atoms with Crippen molar-refractivity contribution in [1.29, 1.82) is 0 Å². The Kier molecular flexibility index (Phi) is 26.9. The highest BCUT2D eigenvalue weighted by Gasteiger charge is 2.26. The molecule has 0 saturated heterocycles. The predicted octanol–water partition coefficient (Wildman–Crippen LogP) is 22.8. The van der Waals surface area contributed by atoms with Crippen LogP contribution in [0.2, 0.25) is 0 Å². The summed E-state index contributed by atoms with van der Waals surface area (Å²) in [5.74, 6) is -3.98. The molecule has 0 aliphatic heterocycles. The number of hydrogen-bond donors (Lipinski definition) is 2. The van der Waals surface area contributed by atoms with Gasteiger partial charge in [-0.05, 0) is 180 Å². The Labute approximate surface area is 667 Å². The van der Waals surface area contributed by atoms with E-state index in [0.717, 1.165) is 24.3 Å². The lowest BCUT2D eigenvalue weighted by atomic mass is 10.00. The van der Waals surface area contributed by atoms with Crippen molar-refractivity contribution in [1.82, 2.24) is 0 Å². The molecular weight excluding hydrogens is 1650 g/mol. The highest BCUT2D eigenvalue weighted by atomic mass is 79.9. The van der Waals surface area contributed by atoms with Crippen molar-refractivity contribution in [3.8, 4) is 44.5 Å². The summed E-state index contributed by atoms with van der Waals surface area (Å²) in [6.07, 6.45) is -0.533. The smallest absolute Gasteiger partial charge is 0.210 e. The van der Waals surface area contributed by atoms with Gasteiger partial charge < -0.3 is 36.7 Å². The van der Waals surface area contributed by atoms with E-state index in [4.69, 9.17) is 26.5 Å². The van der Waals surface area contributed by atoms with Crippen LogP contribution in [-0.4, -0.2) is 10.2 Å². The number of hydrogen-bond acceptors (Lipinski definition) is 14. The second kappa shape index (κ2) is 36.8. The summed E-state index contributed by atoms with van der Waals surface area (Å²) >= 11 is 6.49. The number of rotatable bonds is 10. The van der Waals surface area contributed by atoms with Gasteiger partial charge in [0.15, 0.2) is 5.43 Å². The van der Waals surface area contributed by atoms with Crippen LogP contribution in [0.3, 0.4) is 0 Å². The lowest BCUT2D eigenvalue weighted by molar-refractivity contribution is 0.171. The van der Waals surface area contributed by atoms with Crippen LogP contribution in [0.25, 0.3) is 110 Å². The number of halogens is 12. The quantitative estimate of drug-likeness (QED) is 0.0961. The van der Waals surface area contributed by atoms with Crippen LogP contribution in [0.15, 0.2) is 272 Å². The molecule has 6 aromatic heterocycles. The van der Waals surface area contributed by atoms with Gasteiger partial charge in [0.05, 0.1) is 27.1 Å². The van der Waals surface area contributed by atoms with Crippen LogP contribution in [0.4, 0.5) is 43.9 Å². The second-order valence-electron chi connectivity index (χ2n) is 25.7. The molecule has 0 aliphatic rings. The molecule has 0 spiro atoms.